The van der Waals surface area contributed by atoms with Gasteiger partial charge in [0.2, 0.25) is 0 Å². The molecule has 0 N–H and O–H groups in total. The summed E-state index contributed by atoms with van der Waals surface area (Å²) >= 11 is 1.25. The van der Waals surface area contributed by atoms with Crippen molar-refractivity contribution in [3.8, 4) is 0 Å². The maximum atomic E-state index is 11.0. The molecule has 0 atom stereocenters. The lowest BCUT2D eigenvalue weighted by Gasteiger charge is -1.99. The molecule has 0 saturated carbocycles. The maximum absolute atomic E-state index is 11.0. The van der Waals surface area contributed by atoms with Gasteiger partial charge < -0.3 is 0 Å². The Morgan fingerprint density at radius 1 is 1.27 bits per heavy atom. The molecular formula is C8H10N4O2S. The van der Waals surface area contributed by atoms with E-state index in [9.17, 15) is 9.59 Å². The summed E-state index contributed by atoms with van der Waals surface area (Å²) < 4.78 is 0. The average molecular weight is 226 g/mol. The van der Waals surface area contributed by atoms with Gasteiger partial charge in [0.05, 0.1) is 0 Å². The topological polar surface area (TPSA) is 84.6 Å². The van der Waals surface area contributed by atoms with Crippen LogP contribution >= 0.6 is 11.3 Å². The summed E-state index contributed by atoms with van der Waals surface area (Å²) in [6.07, 6.45) is 0. The first-order valence-corrected chi connectivity index (χ1v) is 5.04. The summed E-state index contributed by atoms with van der Waals surface area (Å²) in [7, 11) is 0. The van der Waals surface area contributed by atoms with Crippen molar-refractivity contribution in [1.82, 2.24) is 10.2 Å². The van der Waals surface area contributed by atoms with E-state index in [0.717, 1.165) is 5.01 Å². The molecule has 1 aromatic rings. The van der Waals surface area contributed by atoms with Crippen LogP contribution in [-0.2, 0) is 9.59 Å². The molecule has 6 nitrogen and oxygen atoms in total. The molecule has 0 aromatic carbocycles. The summed E-state index contributed by atoms with van der Waals surface area (Å²) in [5, 5.41) is 15.9. The Kier molecular flexibility index (Phi) is 3.73. The van der Waals surface area contributed by atoms with Crippen molar-refractivity contribution in [2.75, 3.05) is 0 Å². The molecule has 15 heavy (non-hydrogen) atoms. The van der Waals surface area contributed by atoms with E-state index in [0.29, 0.717) is 5.13 Å². The quantitative estimate of drug-likeness (QED) is 0.574. The van der Waals surface area contributed by atoms with E-state index in [1.54, 1.807) is 6.92 Å². The number of rotatable bonds is 4. The fraction of sp³-hybridized carbons (Fsp3) is 0.500. The summed E-state index contributed by atoms with van der Waals surface area (Å²) in [5.74, 6) is -0.653. The van der Waals surface area contributed by atoms with Crippen molar-refractivity contribution < 1.29 is 9.59 Å². The smallest absolute Gasteiger partial charge is 0.251 e. The molecule has 0 aliphatic carbocycles. The fourth-order valence-electron chi connectivity index (χ4n) is 0.883. The number of hydrogen-bond acceptors (Lipinski definition) is 7. The molecule has 0 saturated heterocycles. The second-order valence-corrected chi connectivity index (χ2v) is 4.10. The van der Waals surface area contributed by atoms with Crippen LogP contribution in [0.25, 0.3) is 0 Å². The summed E-state index contributed by atoms with van der Waals surface area (Å²) in [5.41, 5.74) is 0. The second kappa shape index (κ2) is 4.83. The molecule has 0 aliphatic heterocycles. The van der Waals surface area contributed by atoms with Gasteiger partial charge in [0.15, 0.2) is 17.6 Å². The number of carbonyl (C=O) groups excluding carboxylic acids is 2. The van der Waals surface area contributed by atoms with Crippen molar-refractivity contribution in [2.24, 2.45) is 10.2 Å². The van der Waals surface area contributed by atoms with E-state index in [1.807, 2.05) is 0 Å². The zero-order chi connectivity index (χ0) is 11.4. The molecule has 0 spiro atoms. The molecule has 7 heteroatoms. The number of aromatic nitrogens is 2. The van der Waals surface area contributed by atoms with E-state index in [1.165, 1.54) is 25.2 Å². The zero-order valence-corrected chi connectivity index (χ0v) is 9.41. The molecule has 0 aliphatic rings. The predicted octanol–water partition coefficient (Wildman–Crippen LogP) is 1.48. The first-order valence-electron chi connectivity index (χ1n) is 4.22. The van der Waals surface area contributed by atoms with E-state index < -0.39 is 6.04 Å². The van der Waals surface area contributed by atoms with Gasteiger partial charge in [0.25, 0.3) is 5.13 Å². The minimum Gasteiger partial charge on any atom is -0.297 e. The van der Waals surface area contributed by atoms with Crippen LogP contribution in [0.4, 0.5) is 5.13 Å². The van der Waals surface area contributed by atoms with Crippen LogP contribution in [0.2, 0.25) is 0 Å². The average Bonchev–Trinajstić information content (AvgIpc) is 2.50. The number of ketones is 2. The van der Waals surface area contributed by atoms with Crippen LogP contribution in [0.3, 0.4) is 0 Å². The Labute approximate surface area is 90.4 Å². The van der Waals surface area contributed by atoms with Crippen LogP contribution in [0.5, 0.6) is 0 Å². The third-order valence-electron chi connectivity index (χ3n) is 1.54. The van der Waals surface area contributed by atoms with Gasteiger partial charge in [0, 0.05) is 0 Å². The monoisotopic (exact) mass is 226 g/mol. The van der Waals surface area contributed by atoms with Crippen LogP contribution in [-0.4, -0.2) is 27.8 Å². The second-order valence-electron chi connectivity index (χ2n) is 2.94. The first-order chi connectivity index (χ1) is 7.00. The van der Waals surface area contributed by atoms with Crippen molar-refractivity contribution in [1.29, 1.82) is 0 Å². The van der Waals surface area contributed by atoms with Crippen molar-refractivity contribution in [3.63, 3.8) is 0 Å². The SMILES string of the molecule is CC(=O)C(N=Nc1nnc(C)s1)C(C)=O. The Morgan fingerprint density at radius 2 is 1.87 bits per heavy atom. The number of hydrogen-bond donors (Lipinski definition) is 0. The lowest BCUT2D eigenvalue weighted by molar-refractivity contribution is -0.126. The molecule has 0 unspecified atom stereocenters. The van der Waals surface area contributed by atoms with Gasteiger partial charge in [-0.1, -0.05) is 11.3 Å². The third-order valence-corrected chi connectivity index (χ3v) is 2.27. The number of azo groups is 1. The van der Waals surface area contributed by atoms with Gasteiger partial charge in [-0.3, -0.25) is 9.59 Å². The third kappa shape index (κ3) is 3.28. The number of Topliss-reactive ketones (excluding diaryl/α,β-unsaturated/α-hetero) is 2. The van der Waals surface area contributed by atoms with Gasteiger partial charge in [-0.25, -0.2) is 0 Å². The summed E-state index contributed by atoms with van der Waals surface area (Å²) in [6.45, 7) is 4.39. The number of carbonyl (C=O) groups is 2. The van der Waals surface area contributed by atoms with Crippen LogP contribution in [0, 0.1) is 6.92 Å². The zero-order valence-electron chi connectivity index (χ0n) is 8.59. The molecule has 1 aromatic heterocycles. The van der Waals surface area contributed by atoms with Crippen LogP contribution in [0.15, 0.2) is 10.2 Å². The van der Waals surface area contributed by atoms with Crippen molar-refractivity contribution in [3.05, 3.63) is 5.01 Å². The van der Waals surface area contributed by atoms with E-state index in [-0.39, 0.29) is 11.6 Å². The molecule has 0 fully saturated rings. The van der Waals surface area contributed by atoms with Gasteiger partial charge in [-0.15, -0.1) is 15.3 Å². The summed E-state index contributed by atoms with van der Waals surface area (Å²) in [4.78, 5) is 22.0. The highest BCUT2D eigenvalue weighted by Crippen LogP contribution is 2.18. The molecule has 80 valence electrons. The van der Waals surface area contributed by atoms with E-state index in [4.69, 9.17) is 0 Å². The minimum atomic E-state index is -1.02. The molecule has 1 rings (SSSR count). The molecular weight excluding hydrogens is 216 g/mol. The van der Waals surface area contributed by atoms with Gasteiger partial charge in [-0.05, 0) is 20.8 Å². The summed E-state index contributed by atoms with van der Waals surface area (Å²) in [6, 6.07) is -1.02. The Hall–Kier alpha value is -1.50. The maximum Gasteiger partial charge on any atom is 0.251 e. The highest BCUT2D eigenvalue weighted by Gasteiger charge is 2.18. The minimum absolute atomic E-state index is 0.326. The number of nitrogens with zero attached hydrogens (tertiary/aromatic N) is 4. The highest BCUT2D eigenvalue weighted by molar-refractivity contribution is 7.14. The largest absolute Gasteiger partial charge is 0.297 e. The lowest BCUT2D eigenvalue weighted by Crippen LogP contribution is -2.23. The van der Waals surface area contributed by atoms with Crippen molar-refractivity contribution in [2.45, 2.75) is 26.8 Å². The highest BCUT2D eigenvalue weighted by atomic mass is 32.1. The van der Waals surface area contributed by atoms with Crippen LogP contribution in [0.1, 0.15) is 18.9 Å². The lowest BCUT2D eigenvalue weighted by atomic mass is 10.1. The van der Waals surface area contributed by atoms with Gasteiger partial charge >= 0.3 is 0 Å². The Balaban J connectivity index is 2.78. The normalized spacial score (nSPS) is 11.2. The Morgan fingerprint density at radius 3 is 2.27 bits per heavy atom. The van der Waals surface area contributed by atoms with Gasteiger partial charge in [0.1, 0.15) is 5.01 Å². The van der Waals surface area contributed by atoms with E-state index in [2.05, 4.69) is 20.4 Å². The molecule has 0 radical (unpaired) electrons. The first kappa shape index (κ1) is 11.6. The molecule has 0 bridgehead atoms. The standard InChI is InChI=1S/C8H10N4O2S/c1-4(13)7(5(2)14)10-12-8-11-9-6(3)15-8/h7H,1-3H3. The van der Waals surface area contributed by atoms with Crippen LogP contribution < -0.4 is 0 Å². The molecule has 0 amide bonds. The molecule has 1 heterocycles. The Bertz CT molecular complexity index is 399. The van der Waals surface area contributed by atoms with Gasteiger partial charge in [-0.2, -0.15) is 5.11 Å². The van der Waals surface area contributed by atoms with Crippen molar-refractivity contribution >= 4 is 28.0 Å². The fourth-order valence-corrected chi connectivity index (χ4v) is 1.40. The number of aryl methyl sites for hydroxylation is 1. The predicted molar refractivity (Wildman–Crippen MR) is 54.3 cm³/mol. The van der Waals surface area contributed by atoms with E-state index >= 15 is 0 Å².